The number of hydrogen-bond donors (Lipinski definition) is 2. The zero-order valence-corrected chi connectivity index (χ0v) is 20.5. The van der Waals surface area contributed by atoms with Gasteiger partial charge in [-0.25, -0.2) is 0 Å². The van der Waals surface area contributed by atoms with Gasteiger partial charge in [-0.3, -0.25) is 9.59 Å². The van der Waals surface area contributed by atoms with Gasteiger partial charge in [-0.15, -0.1) is 11.8 Å². The number of benzene rings is 2. The molecule has 2 N–H and O–H groups in total. The number of rotatable bonds is 10. The van der Waals surface area contributed by atoms with E-state index < -0.39 is 0 Å². The lowest BCUT2D eigenvalue weighted by Gasteiger charge is -2.29. The standard InChI is InChI=1S/C26H34N2O4S/c1-18-8-4-6-10-21(18)28-26(30)20-9-5-7-11-24(20)33-17-25(29)27-15-14-19-12-13-22(31-2)23(16-19)32-3/h5,7,9,11-13,16,18,21H,4,6,8,10,14-15,17H2,1-3H3,(H,27,29)(H,28,30). The van der Waals surface area contributed by atoms with E-state index in [1.807, 2.05) is 42.5 Å². The minimum Gasteiger partial charge on any atom is -0.493 e. The second-order valence-corrected chi connectivity index (χ2v) is 9.43. The quantitative estimate of drug-likeness (QED) is 0.501. The molecule has 0 bridgehead atoms. The van der Waals surface area contributed by atoms with E-state index in [0.29, 0.717) is 35.9 Å². The molecule has 0 aromatic heterocycles. The van der Waals surface area contributed by atoms with Gasteiger partial charge in [0.15, 0.2) is 11.5 Å². The van der Waals surface area contributed by atoms with Crippen LogP contribution in [0.4, 0.5) is 0 Å². The Morgan fingerprint density at radius 2 is 1.79 bits per heavy atom. The SMILES string of the molecule is COc1ccc(CCNC(=O)CSc2ccccc2C(=O)NC2CCCCC2C)cc1OC. The maximum Gasteiger partial charge on any atom is 0.252 e. The molecular formula is C26H34N2O4S. The van der Waals surface area contributed by atoms with Crippen LogP contribution >= 0.6 is 11.8 Å². The van der Waals surface area contributed by atoms with Crippen molar-refractivity contribution in [3.8, 4) is 11.5 Å². The Morgan fingerprint density at radius 1 is 1.03 bits per heavy atom. The average molecular weight is 471 g/mol. The van der Waals surface area contributed by atoms with Crippen molar-refractivity contribution in [3.05, 3.63) is 53.6 Å². The molecule has 7 heteroatoms. The van der Waals surface area contributed by atoms with Gasteiger partial charge in [0.05, 0.1) is 25.5 Å². The van der Waals surface area contributed by atoms with Crippen molar-refractivity contribution in [2.75, 3.05) is 26.5 Å². The molecule has 0 saturated heterocycles. The molecule has 178 valence electrons. The summed E-state index contributed by atoms with van der Waals surface area (Å²) in [7, 11) is 3.21. The summed E-state index contributed by atoms with van der Waals surface area (Å²) < 4.78 is 10.6. The summed E-state index contributed by atoms with van der Waals surface area (Å²) in [5, 5.41) is 6.17. The van der Waals surface area contributed by atoms with Gasteiger partial charge in [-0.1, -0.05) is 38.0 Å². The first-order chi connectivity index (χ1) is 16.0. The molecule has 6 nitrogen and oxygen atoms in total. The third-order valence-corrected chi connectivity index (χ3v) is 7.18. The molecule has 2 aromatic carbocycles. The maximum absolute atomic E-state index is 12.9. The Morgan fingerprint density at radius 3 is 2.55 bits per heavy atom. The number of ether oxygens (including phenoxy) is 2. The lowest BCUT2D eigenvalue weighted by molar-refractivity contribution is -0.118. The number of carbonyl (C=O) groups excluding carboxylic acids is 2. The first kappa shape index (κ1) is 25.0. The molecule has 0 heterocycles. The largest absolute Gasteiger partial charge is 0.493 e. The fraction of sp³-hybridized carbons (Fsp3) is 0.462. The Kier molecular flexibility index (Phi) is 9.48. The molecule has 2 amide bonds. The van der Waals surface area contributed by atoms with E-state index in [-0.39, 0.29) is 23.6 Å². The van der Waals surface area contributed by atoms with Crippen LogP contribution in [0.2, 0.25) is 0 Å². The van der Waals surface area contributed by atoms with Crippen LogP contribution in [0.5, 0.6) is 11.5 Å². The van der Waals surface area contributed by atoms with Gasteiger partial charge in [0.2, 0.25) is 5.91 Å². The van der Waals surface area contributed by atoms with Gasteiger partial charge in [-0.05, 0) is 55.0 Å². The van der Waals surface area contributed by atoms with Gasteiger partial charge >= 0.3 is 0 Å². The van der Waals surface area contributed by atoms with E-state index in [4.69, 9.17) is 9.47 Å². The molecule has 1 saturated carbocycles. The number of hydrogen-bond acceptors (Lipinski definition) is 5. The Bertz CT molecular complexity index is 950. The Labute approximate surface area is 200 Å². The highest BCUT2D eigenvalue weighted by atomic mass is 32.2. The first-order valence-corrected chi connectivity index (χ1v) is 12.5. The monoisotopic (exact) mass is 470 g/mol. The molecule has 0 radical (unpaired) electrons. The van der Waals surface area contributed by atoms with Crippen molar-refractivity contribution in [2.24, 2.45) is 5.92 Å². The second kappa shape index (κ2) is 12.5. The zero-order valence-electron chi connectivity index (χ0n) is 19.7. The van der Waals surface area contributed by atoms with Gasteiger partial charge in [0.1, 0.15) is 0 Å². The normalized spacial score (nSPS) is 17.8. The van der Waals surface area contributed by atoms with Crippen LogP contribution in [-0.4, -0.2) is 44.4 Å². The number of methoxy groups -OCH3 is 2. The van der Waals surface area contributed by atoms with E-state index in [1.165, 1.54) is 18.2 Å². The predicted octanol–water partition coefficient (Wildman–Crippen LogP) is 4.46. The summed E-state index contributed by atoms with van der Waals surface area (Å²) in [4.78, 5) is 26.1. The summed E-state index contributed by atoms with van der Waals surface area (Å²) in [6, 6.07) is 13.5. The van der Waals surface area contributed by atoms with Crippen LogP contribution in [0.15, 0.2) is 47.4 Å². The van der Waals surface area contributed by atoms with E-state index in [1.54, 1.807) is 14.2 Å². The van der Waals surface area contributed by atoms with Crippen LogP contribution < -0.4 is 20.1 Å². The summed E-state index contributed by atoms with van der Waals surface area (Å²) >= 11 is 1.39. The molecule has 2 unspecified atom stereocenters. The third-order valence-electron chi connectivity index (χ3n) is 6.10. The number of thioether (sulfide) groups is 1. The lowest BCUT2D eigenvalue weighted by atomic mass is 9.86. The molecule has 1 aliphatic carbocycles. The molecule has 1 aliphatic rings. The highest BCUT2D eigenvalue weighted by Crippen LogP contribution is 2.28. The minimum absolute atomic E-state index is 0.0503. The smallest absolute Gasteiger partial charge is 0.252 e. The van der Waals surface area contributed by atoms with E-state index in [0.717, 1.165) is 29.7 Å². The molecule has 33 heavy (non-hydrogen) atoms. The average Bonchev–Trinajstić information content (AvgIpc) is 2.84. The molecule has 2 aromatic rings. The summed E-state index contributed by atoms with van der Waals surface area (Å²) in [6.07, 6.45) is 5.28. The third kappa shape index (κ3) is 7.16. The minimum atomic E-state index is -0.0587. The molecule has 0 aliphatic heterocycles. The van der Waals surface area contributed by atoms with Crippen molar-refractivity contribution in [3.63, 3.8) is 0 Å². The molecule has 1 fully saturated rings. The van der Waals surface area contributed by atoms with E-state index in [2.05, 4.69) is 17.6 Å². The highest BCUT2D eigenvalue weighted by molar-refractivity contribution is 8.00. The summed E-state index contributed by atoms with van der Waals surface area (Å²) in [5.74, 6) is 2.01. The van der Waals surface area contributed by atoms with E-state index in [9.17, 15) is 9.59 Å². The molecule has 3 rings (SSSR count). The maximum atomic E-state index is 12.9. The summed E-state index contributed by atoms with van der Waals surface area (Å²) in [6.45, 7) is 2.73. The van der Waals surface area contributed by atoms with Gasteiger partial charge in [0, 0.05) is 17.5 Å². The van der Waals surface area contributed by atoms with Crippen molar-refractivity contribution in [1.29, 1.82) is 0 Å². The predicted molar refractivity (Wildman–Crippen MR) is 132 cm³/mol. The fourth-order valence-corrected chi connectivity index (χ4v) is 5.01. The second-order valence-electron chi connectivity index (χ2n) is 8.42. The summed E-state index contributed by atoms with van der Waals surface area (Å²) in [5.41, 5.74) is 1.69. The van der Waals surface area contributed by atoms with Crippen LogP contribution in [0, 0.1) is 5.92 Å². The van der Waals surface area contributed by atoms with Crippen LogP contribution in [-0.2, 0) is 11.2 Å². The number of nitrogens with one attached hydrogen (secondary N) is 2. The van der Waals surface area contributed by atoms with Crippen molar-refractivity contribution < 1.29 is 19.1 Å². The van der Waals surface area contributed by atoms with Gasteiger partial charge in [-0.2, -0.15) is 0 Å². The van der Waals surface area contributed by atoms with Crippen molar-refractivity contribution >= 4 is 23.6 Å². The Balaban J connectivity index is 1.49. The van der Waals surface area contributed by atoms with Crippen LogP contribution in [0.1, 0.15) is 48.5 Å². The lowest BCUT2D eigenvalue weighted by Crippen LogP contribution is -2.41. The zero-order chi connectivity index (χ0) is 23.6. The molecular weight excluding hydrogens is 436 g/mol. The van der Waals surface area contributed by atoms with Crippen LogP contribution in [0.25, 0.3) is 0 Å². The van der Waals surface area contributed by atoms with E-state index >= 15 is 0 Å². The number of amides is 2. The first-order valence-electron chi connectivity index (χ1n) is 11.5. The fourth-order valence-electron chi connectivity index (χ4n) is 4.13. The number of carbonyl (C=O) groups is 2. The molecule has 2 atom stereocenters. The van der Waals surface area contributed by atoms with Crippen molar-refractivity contribution in [2.45, 2.75) is 50.0 Å². The van der Waals surface area contributed by atoms with Gasteiger partial charge < -0.3 is 20.1 Å². The Hall–Kier alpha value is -2.67. The van der Waals surface area contributed by atoms with Gasteiger partial charge in [0.25, 0.3) is 5.91 Å². The highest BCUT2D eigenvalue weighted by Gasteiger charge is 2.24. The van der Waals surface area contributed by atoms with Crippen LogP contribution in [0.3, 0.4) is 0 Å². The van der Waals surface area contributed by atoms with Crippen molar-refractivity contribution in [1.82, 2.24) is 10.6 Å². The molecule has 0 spiro atoms. The topological polar surface area (TPSA) is 76.7 Å².